The predicted octanol–water partition coefficient (Wildman–Crippen LogP) is -1.36. The van der Waals surface area contributed by atoms with E-state index in [1.807, 2.05) is 6.08 Å². The van der Waals surface area contributed by atoms with Gasteiger partial charge >= 0.3 is 0 Å². The van der Waals surface area contributed by atoms with Crippen molar-refractivity contribution >= 4 is 0 Å². The van der Waals surface area contributed by atoms with Crippen molar-refractivity contribution in [1.29, 1.82) is 0 Å². The summed E-state index contributed by atoms with van der Waals surface area (Å²) in [4.78, 5) is 0. The lowest BCUT2D eigenvalue weighted by Gasteiger charge is -2.47. The standard InChI is InChI=1S/C24H42O11/c1-11-7-13(8-24(3,4)14(11)6-5-12(2)25)34-23-21(31)19(29)18(28)16(35-23)10-33-22-20(30)17(27)15(26)9-32-22/h5-6,11-23,25-31H,7-10H2,1-4H3/t11-,12+,13-,14-,15+,16+,17-,18+,19-,20+,21+,22-,23+/m0/s1. The second-order valence-corrected chi connectivity index (χ2v) is 10.9. The predicted molar refractivity (Wildman–Crippen MR) is 122 cm³/mol. The summed E-state index contributed by atoms with van der Waals surface area (Å²) < 4.78 is 22.5. The minimum absolute atomic E-state index is 0.159. The number of hydrogen-bond acceptors (Lipinski definition) is 11. The van der Waals surface area contributed by atoms with E-state index in [1.54, 1.807) is 13.0 Å². The number of ether oxygens (including phenoxy) is 4. The zero-order valence-electron chi connectivity index (χ0n) is 20.8. The van der Waals surface area contributed by atoms with Crippen molar-refractivity contribution in [2.45, 2.75) is 108 Å². The molecule has 7 N–H and O–H groups in total. The van der Waals surface area contributed by atoms with Crippen LogP contribution < -0.4 is 0 Å². The van der Waals surface area contributed by atoms with Crippen LogP contribution >= 0.6 is 0 Å². The minimum atomic E-state index is -1.55. The average molecular weight is 507 g/mol. The van der Waals surface area contributed by atoms with Crippen LogP contribution in [0.4, 0.5) is 0 Å². The SMILES string of the molecule is C[C@@H](O)C=C[C@H]1[C@@H](C)C[C@H](O[C@@H]2O[C@H](CO[C@@H]3OC[C@@H](O)[C@H](O)[C@H]3O)[C@@H](O)[C@H](O)[C@H]2O)CC1(C)C. The van der Waals surface area contributed by atoms with Crippen LogP contribution in [-0.2, 0) is 18.9 Å². The van der Waals surface area contributed by atoms with Crippen LogP contribution in [-0.4, -0.2) is 116 Å². The lowest BCUT2D eigenvalue weighted by Crippen LogP contribution is -2.61. The van der Waals surface area contributed by atoms with Gasteiger partial charge in [-0.15, -0.1) is 0 Å². The Morgan fingerprint density at radius 1 is 0.971 bits per heavy atom. The molecule has 0 aromatic carbocycles. The van der Waals surface area contributed by atoms with Crippen molar-refractivity contribution in [3.8, 4) is 0 Å². The topological polar surface area (TPSA) is 179 Å². The molecule has 2 aliphatic heterocycles. The fraction of sp³-hybridized carbons (Fsp3) is 0.917. The molecule has 3 aliphatic rings. The zero-order valence-corrected chi connectivity index (χ0v) is 20.8. The van der Waals surface area contributed by atoms with Gasteiger partial charge in [0.25, 0.3) is 0 Å². The smallest absolute Gasteiger partial charge is 0.186 e. The molecular weight excluding hydrogens is 464 g/mol. The Kier molecular flexibility index (Phi) is 9.72. The fourth-order valence-electron chi connectivity index (χ4n) is 5.44. The van der Waals surface area contributed by atoms with Crippen LogP contribution in [0.2, 0.25) is 0 Å². The molecule has 11 heteroatoms. The normalized spacial score (nSPS) is 47.6. The van der Waals surface area contributed by atoms with E-state index in [-0.39, 0.29) is 36.6 Å². The molecule has 0 aromatic heterocycles. The fourth-order valence-corrected chi connectivity index (χ4v) is 5.44. The monoisotopic (exact) mass is 506 g/mol. The molecular formula is C24H42O11. The number of aliphatic hydroxyl groups is 7. The molecule has 0 radical (unpaired) electrons. The third-order valence-electron chi connectivity index (χ3n) is 7.37. The summed E-state index contributed by atoms with van der Waals surface area (Å²) in [6, 6.07) is 0. The molecule has 1 aliphatic carbocycles. The number of hydrogen-bond donors (Lipinski definition) is 7. The van der Waals surface area contributed by atoms with E-state index in [9.17, 15) is 35.7 Å². The summed E-state index contributed by atoms with van der Waals surface area (Å²) in [5.74, 6) is 0.444. The number of allylic oxidation sites excluding steroid dienone is 1. The van der Waals surface area contributed by atoms with Crippen LogP contribution in [0.15, 0.2) is 12.2 Å². The Labute approximate surface area is 205 Å². The summed E-state index contributed by atoms with van der Waals surface area (Å²) in [6.07, 6.45) is -7.98. The van der Waals surface area contributed by atoms with Crippen molar-refractivity contribution in [3.05, 3.63) is 12.2 Å². The van der Waals surface area contributed by atoms with Gasteiger partial charge in [-0.25, -0.2) is 0 Å². The molecule has 11 nitrogen and oxygen atoms in total. The molecule has 0 spiro atoms. The van der Waals surface area contributed by atoms with E-state index >= 15 is 0 Å². The van der Waals surface area contributed by atoms with E-state index in [0.29, 0.717) is 12.8 Å². The van der Waals surface area contributed by atoms with E-state index in [2.05, 4.69) is 20.8 Å². The maximum absolute atomic E-state index is 10.5. The largest absolute Gasteiger partial charge is 0.389 e. The summed E-state index contributed by atoms with van der Waals surface area (Å²) >= 11 is 0. The molecule has 3 rings (SSSR count). The van der Waals surface area contributed by atoms with E-state index in [0.717, 1.165) is 0 Å². The number of rotatable bonds is 7. The summed E-state index contributed by atoms with van der Waals surface area (Å²) in [5.41, 5.74) is -0.159. The Morgan fingerprint density at radius 3 is 2.26 bits per heavy atom. The quantitative estimate of drug-likeness (QED) is 0.203. The first-order valence-electron chi connectivity index (χ1n) is 12.3. The van der Waals surface area contributed by atoms with Crippen LogP contribution in [0.25, 0.3) is 0 Å². The summed E-state index contributed by atoms with van der Waals surface area (Å²) in [7, 11) is 0. The Balaban J connectivity index is 1.61. The van der Waals surface area contributed by atoms with Gasteiger partial charge in [-0.05, 0) is 37.0 Å². The molecule has 2 saturated heterocycles. The number of aliphatic hydroxyl groups excluding tert-OH is 7. The van der Waals surface area contributed by atoms with Crippen molar-refractivity contribution in [1.82, 2.24) is 0 Å². The van der Waals surface area contributed by atoms with Crippen molar-refractivity contribution in [2.75, 3.05) is 13.2 Å². The van der Waals surface area contributed by atoms with Gasteiger partial charge in [0, 0.05) is 0 Å². The van der Waals surface area contributed by atoms with Crippen LogP contribution in [0.3, 0.4) is 0 Å². The van der Waals surface area contributed by atoms with E-state index < -0.39 is 61.4 Å². The minimum Gasteiger partial charge on any atom is -0.389 e. The maximum atomic E-state index is 10.5. The van der Waals surface area contributed by atoms with Crippen molar-refractivity contribution in [2.24, 2.45) is 17.3 Å². The summed E-state index contributed by atoms with van der Waals surface area (Å²) in [6.45, 7) is 7.47. The summed E-state index contributed by atoms with van der Waals surface area (Å²) in [5, 5.41) is 70.3. The second-order valence-electron chi connectivity index (χ2n) is 10.9. The molecule has 3 fully saturated rings. The first-order valence-corrected chi connectivity index (χ1v) is 12.3. The highest BCUT2D eigenvalue weighted by Crippen LogP contribution is 2.46. The third-order valence-corrected chi connectivity index (χ3v) is 7.37. The third kappa shape index (κ3) is 6.79. The Morgan fingerprint density at radius 2 is 1.63 bits per heavy atom. The molecule has 2 heterocycles. The van der Waals surface area contributed by atoms with E-state index in [4.69, 9.17) is 18.9 Å². The Bertz CT molecular complexity index is 701. The molecule has 0 unspecified atom stereocenters. The van der Waals surface area contributed by atoms with Gasteiger partial charge in [0.1, 0.15) is 42.7 Å². The molecule has 0 aromatic rings. The van der Waals surface area contributed by atoms with Gasteiger partial charge < -0.3 is 54.7 Å². The Hall–Kier alpha value is -0.700. The van der Waals surface area contributed by atoms with Gasteiger partial charge in [0.2, 0.25) is 0 Å². The lowest BCUT2D eigenvalue weighted by molar-refractivity contribution is -0.330. The van der Waals surface area contributed by atoms with Crippen LogP contribution in [0.5, 0.6) is 0 Å². The van der Waals surface area contributed by atoms with Gasteiger partial charge in [-0.1, -0.05) is 32.9 Å². The lowest BCUT2D eigenvalue weighted by atomic mass is 9.63. The zero-order chi connectivity index (χ0) is 26.1. The van der Waals surface area contributed by atoms with E-state index in [1.165, 1.54) is 0 Å². The highest BCUT2D eigenvalue weighted by atomic mass is 16.7. The maximum Gasteiger partial charge on any atom is 0.186 e. The van der Waals surface area contributed by atoms with Gasteiger partial charge in [-0.2, -0.15) is 0 Å². The molecule has 1 saturated carbocycles. The molecule has 204 valence electrons. The molecule has 35 heavy (non-hydrogen) atoms. The molecule has 0 amide bonds. The molecule has 0 bridgehead atoms. The average Bonchev–Trinajstić information content (AvgIpc) is 2.77. The first-order chi connectivity index (χ1) is 16.3. The van der Waals surface area contributed by atoms with Gasteiger partial charge in [0.15, 0.2) is 12.6 Å². The second kappa shape index (κ2) is 11.8. The highest BCUT2D eigenvalue weighted by molar-refractivity contribution is 5.03. The molecule has 13 atom stereocenters. The van der Waals surface area contributed by atoms with Gasteiger partial charge in [-0.3, -0.25) is 0 Å². The highest BCUT2D eigenvalue weighted by Gasteiger charge is 2.48. The van der Waals surface area contributed by atoms with Gasteiger partial charge in [0.05, 0.1) is 25.4 Å². The first kappa shape index (κ1) is 28.9. The van der Waals surface area contributed by atoms with Crippen molar-refractivity contribution in [3.63, 3.8) is 0 Å². The van der Waals surface area contributed by atoms with Crippen molar-refractivity contribution < 1.29 is 54.7 Å². The van der Waals surface area contributed by atoms with Crippen LogP contribution in [0, 0.1) is 17.3 Å². The van der Waals surface area contributed by atoms with Crippen LogP contribution in [0.1, 0.15) is 40.5 Å².